The monoisotopic (exact) mass is 577 g/mol. The van der Waals surface area contributed by atoms with E-state index in [1.807, 2.05) is 4.90 Å². The number of halogens is 1. The van der Waals surface area contributed by atoms with Gasteiger partial charge in [-0.1, -0.05) is 64.7 Å². The highest BCUT2D eigenvalue weighted by Gasteiger charge is 2.35. The van der Waals surface area contributed by atoms with Gasteiger partial charge in [-0.15, -0.1) is 0 Å². The Morgan fingerprint density at radius 2 is 1.73 bits per heavy atom. The van der Waals surface area contributed by atoms with Crippen molar-refractivity contribution < 1.29 is 23.5 Å². The summed E-state index contributed by atoms with van der Waals surface area (Å²) in [6, 6.07) is 4.23. The zero-order valence-electron chi connectivity index (χ0n) is 25.0. The molecule has 2 amide bonds. The number of rotatable bonds is 19. The first-order valence-corrected chi connectivity index (χ1v) is 15.8. The van der Waals surface area contributed by atoms with Gasteiger partial charge >= 0.3 is 6.09 Å². The lowest BCUT2D eigenvalue weighted by Gasteiger charge is -2.29. The second-order valence-corrected chi connectivity index (χ2v) is 11.4. The van der Waals surface area contributed by atoms with Gasteiger partial charge in [0.25, 0.3) is 0 Å². The van der Waals surface area contributed by atoms with Crippen LogP contribution in [0.4, 0.5) is 20.6 Å². The molecule has 2 aliphatic rings. The third-order valence-corrected chi connectivity index (χ3v) is 8.02. The first kappa shape index (κ1) is 33.1. The van der Waals surface area contributed by atoms with Crippen LogP contribution in [0.2, 0.25) is 0 Å². The quantitative estimate of drug-likeness (QED) is 0.227. The summed E-state index contributed by atoms with van der Waals surface area (Å²) in [5.74, 6) is -0.497. The molecule has 0 aliphatic carbocycles. The molecule has 41 heavy (non-hydrogen) atoms. The summed E-state index contributed by atoms with van der Waals surface area (Å²) in [6.45, 7) is 6.28. The van der Waals surface area contributed by atoms with Crippen molar-refractivity contribution in [2.24, 2.45) is 11.5 Å². The zero-order valence-corrected chi connectivity index (χ0v) is 25.0. The number of anilines is 2. The van der Waals surface area contributed by atoms with E-state index >= 15 is 4.39 Å². The van der Waals surface area contributed by atoms with Crippen molar-refractivity contribution in [2.45, 2.75) is 96.1 Å². The Labute approximate surface area is 245 Å². The van der Waals surface area contributed by atoms with Crippen molar-refractivity contribution in [3.63, 3.8) is 0 Å². The van der Waals surface area contributed by atoms with Gasteiger partial charge in [0.2, 0.25) is 5.91 Å². The van der Waals surface area contributed by atoms with E-state index in [1.165, 1.54) is 49.5 Å². The highest BCUT2D eigenvalue weighted by Crippen LogP contribution is 2.29. The van der Waals surface area contributed by atoms with Crippen LogP contribution >= 0.6 is 0 Å². The van der Waals surface area contributed by atoms with E-state index in [2.05, 4.69) is 6.92 Å². The number of cyclic esters (lactones) is 1. The van der Waals surface area contributed by atoms with Crippen LogP contribution in [0.15, 0.2) is 18.2 Å². The van der Waals surface area contributed by atoms with Crippen LogP contribution in [0.1, 0.15) is 84.0 Å². The van der Waals surface area contributed by atoms with Crippen molar-refractivity contribution >= 4 is 23.4 Å². The maximum absolute atomic E-state index is 15.0. The Morgan fingerprint density at radius 3 is 2.39 bits per heavy atom. The van der Waals surface area contributed by atoms with Crippen LogP contribution in [0.3, 0.4) is 0 Å². The maximum Gasteiger partial charge on any atom is 0.414 e. The molecule has 0 bridgehead atoms. The molecule has 2 aliphatic heterocycles. The molecule has 3 rings (SSSR count). The number of benzene rings is 1. The predicted molar refractivity (Wildman–Crippen MR) is 162 cm³/mol. The van der Waals surface area contributed by atoms with Gasteiger partial charge in [-0.2, -0.15) is 0 Å². The van der Waals surface area contributed by atoms with E-state index in [1.54, 1.807) is 17.0 Å². The Morgan fingerprint density at radius 1 is 1.05 bits per heavy atom. The van der Waals surface area contributed by atoms with Gasteiger partial charge in [-0.3, -0.25) is 9.69 Å². The first-order valence-electron chi connectivity index (χ1n) is 15.8. The van der Waals surface area contributed by atoms with Crippen molar-refractivity contribution in [2.75, 3.05) is 62.3 Å². The lowest BCUT2D eigenvalue weighted by molar-refractivity contribution is -0.134. The average Bonchev–Trinajstić information content (AvgIpc) is 3.35. The van der Waals surface area contributed by atoms with Crippen LogP contribution < -0.4 is 21.3 Å². The van der Waals surface area contributed by atoms with Gasteiger partial charge in [-0.25, -0.2) is 9.18 Å². The molecule has 2 fully saturated rings. The molecule has 232 valence electrons. The minimum absolute atomic E-state index is 0.114. The fraction of sp³-hybridized carbons (Fsp3) is 0.742. The van der Waals surface area contributed by atoms with E-state index in [0.29, 0.717) is 57.2 Å². The highest BCUT2D eigenvalue weighted by molar-refractivity contribution is 5.90. The standard InChI is InChI=1S/C31H52FN5O4/c1-2-3-4-5-6-7-8-9-12-17-36(30(38)28(34)13-10-11-16-33)23-26-24-37(31(39)41-26)25-14-15-29(27(32)22-25)35-18-20-40-21-19-35/h14-15,22,26,28H,2-13,16-21,23-24,33-34H2,1H3/t26-,28-/m0/s1. The summed E-state index contributed by atoms with van der Waals surface area (Å²) in [5.41, 5.74) is 12.8. The van der Waals surface area contributed by atoms with E-state index in [0.717, 1.165) is 32.1 Å². The van der Waals surface area contributed by atoms with Crippen LogP contribution in [0, 0.1) is 5.82 Å². The number of carbonyl (C=O) groups excluding carboxylic acids is 2. The molecule has 2 saturated heterocycles. The second kappa shape index (κ2) is 18.2. The molecular formula is C31H52FN5O4. The molecule has 4 N–H and O–H groups in total. The molecule has 0 radical (unpaired) electrons. The van der Waals surface area contributed by atoms with Gasteiger partial charge in [-0.05, 0) is 44.0 Å². The SMILES string of the molecule is CCCCCCCCCCCN(C[C@H]1CN(c2ccc(N3CCOCC3)c(F)c2)C(=O)O1)C(=O)[C@@H](N)CCCCN. The number of nitrogens with zero attached hydrogens (tertiary/aromatic N) is 3. The van der Waals surface area contributed by atoms with Crippen LogP contribution in [-0.4, -0.2) is 81.5 Å². The number of ether oxygens (including phenoxy) is 2. The van der Waals surface area contributed by atoms with E-state index in [4.69, 9.17) is 20.9 Å². The molecule has 1 aromatic carbocycles. The van der Waals surface area contributed by atoms with E-state index < -0.39 is 18.2 Å². The number of amides is 2. The fourth-order valence-corrected chi connectivity index (χ4v) is 5.57. The Balaban J connectivity index is 1.55. The molecule has 0 saturated carbocycles. The summed E-state index contributed by atoms with van der Waals surface area (Å²) in [5, 5.41) is 0. The van der Waals surface area contributed by atoms with Crippen molar-refractivity contribution in [1.29, 1.82) is 0 Å². The molecule has 0 spiro atoms. The molecule has 2 atom stereocenters. The van der Waals surface area contributed by atoms with Gasteiger partial charge in [0, 0.05) is 19.6 Å². The Bertz CT molecular complexity index is 930. The fourth-order valence-electron chi connectivity index (χ4n) is 5.57. The lowest BCUT2D eigenvalue weighted by atomic mass is 10.1. The van der Waals surface area contributed by atoms with Crippen molar-refractivity contribution in [3.05, 3.63) is 24.0 Å². The molecular weight excluding hydrogens is 525 g/mol. The lowest BCUT2D eigenvalue weighted by Crippen LogP contribution is -2.47. The summed E-state index contributed by atoms with van der Waals surface area (Å²) < 4.78 is 26.0. The van der Waals surface area contributed by atoms with Gasteiger partial charge in [0.05, 0.1) is 43.7 Å². The van der Waals surface area contributed by atoms with Crippen LogP contribution in [0.5, 0.6) is 0 Å². The van der Waals surface area contributed by atoms with Crippen LogP contribution in [-0.2, 0) is 14.3 Å². The first-order chi connectivity index (χ1) is 19.9. The zero-order chi connectivity index (χ0) is 29.5. The van der Waals surface area contributed by atoms with Gasteiger partial charge in [0.1, 0.15) is 11.9 Å². The summed E-state index contributed by atoms with van der Waals surface area (Å²) in [7, 11) is 0. The molecule has 2 heterocycles. The Hall–Kier alpha value is -2.43. The van der Waals surface area contributed by atoms with Crippen molar-refractivity contribution in [1.82, 2.24) is 4.90 Å². The van der Waals surface area contributed by atoms with E-state index in [-0.39, 0.29) is 24.8 Å². The Kier molecular flexibility index (Phi) is 14.7. The van der Waals surface area contributed by atoms with Crippen molar-refractivity contribution in [3.8, 4) is 0 Å². The molecule has 0 unspecified atom stereocenters. The van der Waals surface area contributed by atoms with Crippen LogP contribution in [0.25, 0.3) is 0 Å². The molecule has 1 aromatic rings. The predicted octanol–water partition coefficient (Wildman–Crippen LogP) is 4.80. The second-order valence-electron chi connectivity index (χ2n) is 11.4. The molecule has 10 heteroatoms. The van der Waals surface area contributed by atoms with E-state index in [9.17, 15) is 9.59 Å². The third kappa shape index (κ3) is 10.7. The minimum atomic E-state index is -0.602. The summed E-state index contributed by atoms with van der Waals surface area (Å²) in [6.07, 6.45) is 11.9. The number of unbranched alkanes of at least 4 members (excludes halogenated alkanes) is 9. The maximum atomic E-state index is 15.0. The summed E-state index contributed by atoms with van der Waals surface area (Å²) in [4.78, 5) is 31.2. The van der Waals surface area contributed by atoms with Gasteiger partial charge < -0.3 is 30.7 Å². The highest BCUT2D eigenvalue weighted by atomic mass is 19.1. The number of nitrogens with two attached hydrogens (primary N) is 2. The average molecular weight is 578 g/mol. The smallest absolute Gasteiger partial charge is 0.414 e. The molecule has 9 nitrogen and oxygen atoms in total. The topological polar surface area (TPSA) is 114 Å². The van der Waals surface area contributed by atoms with Gasteiger partial charge in [0.15, 0.2) is 0 Å². The number of morpholine rings is 1. The third-order valence-electron chi connectivity index (χ3n) is 8.02. The largest absolute Gasteiger partial charge is 0.442 e. The number of hydrogen-bond acceptors (Lipinski definition) is 7. The minimum Gasteiger partial charge on any atom is -0.442 e. The number of hydrogen-bond donors (Lipinski definition) is 2. The molecule has 0 aromatic heterocycles. The normalized spacial score (nSPS) is 18.0. The number of carbonyl (C=O) groups is 2. The summed E-state index contributed by atoms with van der Waals surface area (Å²) >= 11 is 0.